The van der Waals surface area contributed by atoms with Crippen LogP contribution in [0.15, 0.2) is 12.1 Å². The van der Waals surface area contributed by atoms with E-state index in [1.54, 1.807) is 0 Å². The maximum atomic E-state index is 12.9. The number of rotatable bonds is 2. The van der Waals surface area contributed by atoms with Gasteiger partial charge in [-0.2, -0.15) is 0 Å². The first kappa shape index (κ1) is 10.1. The molecule has 0 spiro atoms. The number of carboxylic acid groups (broad SMARTS) is 1. The standard InChI is InChI=1S/C8H5F2NO3/c9-3-1-2-4(10)6(8(13)14)5(3)7(11)12/h1-2H,(H2,11,12)(H,13,14). The van der Waals surface area contributed by atoms with Gasteiger partial charge in [-0.1, -0.05) is 0 Å². The molecule has 4 nitrogen and oxygen atoms in total. The molecule has 3 N–H and O–H groups in total. The van der Waals surface area contributed by atoms with Crippen molar-refractivity contribution < 1.29 is 23.5 Å². The fraction of sp³-hybridized carbons (Fsp3) is 0. The van der Waals surface area contributed by atoms with Gasteiger partial charge in [0.2, 0.25) is 0 Å². The Morgan fingerprint density at radius 2 is 1.57 bits per heavy atom. The molecule has 1 aromatic carbocycles. The largest absolute Gasteiger partial charge is 0.478 e. The third-order valence-corrected chi connectivity index (χ3v) is 1.56. The molecular weight excluding hydrogens is 196 g/mol. The Kier molecular flexibility index (Phi) is 2.46. The molecule has 1 rings (SSSR count). The van der Waals surface area contributed by atoms with E-state index < -0.39 is 34.6 Å². The van der Waals surface area contributed by atoms with Gasteiger partial charge in [-0.25, -0.2) is 13.6 Å². The second-order valence-corrected chi connectivity index (χ2v) is 2.45. The monoisotopic (exact) mass is 201 g/mol. The molecule has 0 aliphatic rings. The molecule has 14 heavy (non-hydrogen) atoms. The van der Waals surface area contributed by atoms with Gasteiger partial charge in [0.15, 0.2) is 0 Å². The normalized spacial score (nSPS) is 9.86. The molecule has 1 amide bonds. The summed E-state index contributed by atoms with van der Waals surface area (Å²) < 4.78 is 25.8. The molecule has 0 aliphatic heterocycles. The van der Waals surface area contributed by atoms with Gasteiger partial charge in [0.25, 0.3) is 5.91 Å². The summed E-state index contributed by atoms with van der Waals surface area (Å²) in [6.45, 7) is 0. The van der Waals surface area contributed by atoms with Crippen LogP contribution in [0.1, 0.15) is 20.7 Å². The highest BCUT2D eigenvalue weighted by molar-refractivity contribution is 6.04. The van der Waals surface area contributed by atoms with Gasteiger partial charge in [-0.3, -0.25) is 4.79 Å². The molecule has 0 atom stereocenters. The summed E-state index contributed by atoms with van der Waals surface area (Å²) in [6, 6.07) is 1.26. The number of halogens is 2. The van der Waals surface area contributed by atoms with Crippen LogP contribution in [0.5, 0.6) is 0 Å². The van der Waals surface area contributed by atoms with Crippen LogP contribution in [0.2, 0.25) is 0 Å². The molecule has 0 saturated carbocycles. The second-order valence-electron chi connectivity index (χ2n) is 2.45. The van der Waals surface area contributed by atoms with Crippen molar-refractivity contribution in [2.45, 2.75) is 0 Å². The molecule has 0 aliphatic carbocycles. The van der Waals surface area contributed by atoms with Crippen LogP contribution in [0.4, 0.5) is 8.78 Å². The van der Waals surface area contributed by atoms with E-state index in [0.717, 1.165) is 0 Å². The van der Waals surface area contributed by atoms with Crippen molar-refractivity contribution in [1.29, 1.82) is 0 Å². The highest BCUT2D eigenvalue weighted by atomic mass is 19.1. The zero-order valence-electron chi connectivity index (χ0n) is 6.75. The molecular formula is C8H5F2NO3. The highest BCUT2D eigenvalue weighted by Gasteiger charge is 2.23. The van der Waals surface area contributed by atoms with Crippen molar-refractivity contribution in [2.24, 2.45) is 5.73 Å². The summed E-state index contributed by atoms with van der Waals surface area (Å²) in [5.41, 5.74) is 2.72. The molecule has 0 fully saturated rings. The molecule has 6 heteroatoms. The van der Waals surface area contributed by atoms with Gasteiger partial charge in [0, 0.05) is 0 Å². The highest BCUT2D eigenvalue weighted by Crippen LogP contribution is 2.16. The minimum atomic E-state index is -1.74. The van der Waals surface area contributed by atoms with E-state index in [1.165, 1.54) is 0 Å². The average molecular weight is 201 g/mol. The number of carbonyl (C=O) groups is 2. The van der Waals surface area contributed by atoms with Crippen LogP contribution in [-0.2, 0) is 0 Å². The number of carbonyl (C=O) groups excluding carboxylic acids is 1. The summed E-state index contributed by atoms with van der Waals surface area (Å²) in [5, 5.41) is 8.51. The summed E-state index contributed by atoms with van der Waals surface area (Å²) in [5.74, 6) is -5.42. The minimum Gasteiger partial charge on any atom is -0.478 e. The maximum Gasteiger partial charge on any atom is 0.339 e. The predicted octanol–water partition coefficient (Wildman–Crippen LogP) is 0.762. The fourth-order valence-corrected chi connectivity index (χ4v) is 1.00. The summed E-state index contributed by atoms with van der Waals surface area (Å²) in [7, 11) is 0. The predicted molar refractivity (Wildman–Crippen MR) is 41.8 cm³/mol. The molecule has 0 unspecified atom stereocenters. The van der Waals surface area contributed by atoms with E-state index in [4.69, 9.17) is 10.8 Å². The lowest BCUT2D eigenvalue weighted by Gasteiger charge is -2.04. The topological polar surface area (TPSA) is 80.4 Å². The Balaban J connectivity index is 3.58. The third-order valence-electron chi connectivity index (χ3n) is 1.56. The van der Waals surface area contributed by atoms with Gasteiger partial charge >= 0.3 is 5.97 Å². The maximum absolute atomic E-state index is 12.9. The number of primary amides is 1. The van der Waals surface area contributed by atoms with E-state index in [-0.39, 0.29) is 0 Å². The number of nitrogens with two attached hydrogens (primary N) is 1. The lowest BCUT2D eigenvalue weighted by Crippen LogP contribution is -2.19. The van der Waals surface area contributed by atoms with E-state index in [1.807, 2.05) is 0 Å². The van der Waals surface area contributed by atoms with Gasteiger partial charge in [0.1, 0.15) is 17.2 Å². The Hall–Kier alpha value is -1.98. The van der Waals surface area contributed by atoms with Crippen LogP contribution in [0.25, 0.3) is 0 Å². The van der Waals surface area contributed by atoms with Crippen molar-refractivity contribution in [3.8, 4) is 0 Å². The lowest BCUT2D eigenvalue weighted by molar-refractivity contribution is 0.0685. The SMILES string of the molecule is NC(=O)c1c(F)ccc(F)c1C(=O)O. The van der Waals surface area contributed by atoms with E-state index in [2.05, 4.69) is 0 Å². The van der Waals surface area contributed by atoms with Gasteiger partial charge < -0.3 is 10.8 Å². The van der Waals surface area contributed by atoms with Crippen LogP contribution >= 0.6 is 0 Å². The molecule has 0 saturated heterocycles. The molecule has 0 heterocycles. The Bertz CT molecular complexity index is 378. The third kappa shape index (κ3) is 1.54. The first-order valence-electron chi connectivity index (χ1n) is 3.46. The number of carboxylic acids is 1. The van der Waals surface area contributed by atoms with E-state index >= 15 is 0 Å². The number of amides is 1. The van der Waals surface area contributed by atoms with Crippen LogP contribution < -0.4 is 5.73 Å². The Morgan fingerprint density at radius 1 is 1.14 bits per heavy atom. The van der Waals surface area contributed by atoms with E-state index in [0.29, 0.717) is 12.1 Å². The van der Waals surface area contributed by atoms with Gasteiger partial charge in [-0.15, -0.1) is 0 Å². The molecule has 0 radical (unpaired) electrons. The van der Waals surface area contributed by atoms with Crippen molar-refractivity contribution in [1.82, 2.24) is 0 Å². The van der Waals surface area contributed by atoms with Crippen molar-refractivity contribution in [3.05, 3.63) is 34.9 Å². The van der Waals surface area contributed by atoms with Crippen molar-refractivity contribution in [3.63, 3.8) is 0 Å². The number of benzene rings is 1. The minimum absolute atomic E-state index is 0.616. The molecule has 0 aromatic heterocycles. The second kappa shape index (κ2) is 3.41. The fourth-order valence-electron chi connectivity index (χ4n) is 1.00. The zero-order valence-corrected chi connectivity index (χ0v) is 6.75. The van der Waals surface area contributed by atoms with Crippen molar-refractivity contribution >= 4 is 11.9 Å². The number of hydrogen-bond acceptors (Lipinski definition) is 2. The number of hydrogen-bond donors (Lipinski definition) is 2. The van der Waals surface area contributed by atoms with Gasteiger partial charge in [-0.05, 0) is 12.1 Å². The smallest absolute Gasteiger partial charge is 0.339 e. The molecule has 1 aromatic rings. The van der Waals surface area contributed by atoms with E-state index in [9.17, 15) is 18.4 Å². The number of aromatic carboxylic acids is 1. The Labute approximate surface area is 76.9 Å². The quantitative estimate of drug-likeness (QED) is 0.741. The van der Waals surface area contributed by atoms with Crippen LogP contribution in [0, 0.1) is 11.6 Å². The lowest BCUT2D eigenvalue weighted by atomic mass is 10.1. The zero-order chi connectivity index (χ0) is 10.9. The first-order chi connectivity index (χ1) is 6.45. The Morgan fingerprint density at radius 3 is 1.86 bits per heavy atom. The van der Waals surface area contributed by atoms with Crippen LogP contribution in [0.3, 0.4) is 0 Å². The summed E-state index contributed by atoms with van der Waals surface area (Å²) >= 11 is 0. The van der Waals surface area contributed by atoms with Crippen molar-refractivity contribution in [2.75, 3.05) is 0 Å². The average Bonchev–Trinajstić information content (AvgIpc) is 2.07. The summed E-state index contributed by atoms with van der Waals surface area (Å²) in [4.78, 5) is 21.1. The summed E-state index contributed by atoms with van der Waals surface area (Å²) in [6.07, 6.45) is 0. The first-order valence-corrected chi connectivity index (χ1v) is 3.46. The van der Waals surface area contributed by atoms with Crippen LogP contribution in [-0.4, -0.2) is 17.0 Å². The molecule has 74 valence electrons. The molecule has 0 bridgehead atoms. The van der Waals surface area contributed by atoms with Gasteiger partial charge in [0.05, 0.1) is 5.56 Å².